The lowest BCUT2D eigenvalue weighted by atomic mass is 9.90. The van der Waals surface area contributed by atoms with E-state index in [9.17, 15) is 13.6 Å². The van der Waals surface area contributed by atoms with Crippen LogP contribution in [-0.2, 0) is 9.53 Å². The normalized spacial score (nSPS) is 17.0. The van der Waals surface area contributed by atoms with E-state index in [0.29, 0.717) is 36.3 Å². The number of rotatable bonds is 2. The first-order valence-corrected chi connectivity index (χ1v) is 7.23. The van der Waals surface area contributed by atoms with Crippen LogP contribution >= 0.6 is 23.7 Å². The highest BCUT2D eigenvalue weighted by Crippen LogP contribution is 2.29. The van der Waals surface area contributed by atoms with Gasteiger partial charge in [0.05, 0.1) is 10.2 Å². The van der Waals surface area contributed by atoms with Crippen molar-refractivity contribution in [2.45, 2.75) is 18.4 Å². The van der Waals surface area contributed by atoms with Gasteiger partial charge in [0.1, 0.15) is 5.54 Å². The molecule has 2 heterocycles. The van der Waals surface area contributed by atoms with E-state index in [1.54, 1.807) is 0 Å². The number of ether oxygens (including phenoxy) is 1. The number of carbonyl (C=O) groups is 1. The number of hydrogen-bond donors (Lipinski definition) is 2. The molecule has 1 aliphatic heterocycles. The molecule has 1 amide bonds. The predicted octanol–water partition coefficient (Wildman–Crippen LogP) is 2.44. The van der Waals surface area contributed by atoms with Gasteiger partial charge in [-0.05, 0) is 18.9 Å². The first-order valence-electron chi connectivity index (χ1n) is 6.42. The first kappa shape index (κ1) is 17.0. The number of nitrogens with one attached hydrogen (secondary N) is 1. The van der Waals surface area contributed by atoms with Crippen LogP contribution in [0.4, 0.5) is 13.9 Å². The zero-order chi connectivity index (χ0) is 15.0. The molecule has 9 heteroatoms. The zero-order valence-electron chi connectivity index (χ0n) is 11.4. The fraction of sp³-hybridized carbons (Fsp3) is 0.385. The summed E-state index contributed by atoms with van der Waals surface area (Å²) in [5, 5.41) is 2.90. The van der Waals surface area contributed by atoms with Gasteiger partial charge in [-0.1, -0.05) is 11.3 Å². The molecule has 1 aliphatic rings. The van der Waals surface area contributed by atoms with Crippen molar-refractivity contribution in [1.29, 1.82) is 0 Å². The number of amides is 1. The standard InChI is InChI=1S/C13H13F2N3O2S.ClH/c14-7-5-9-10(6-8(7)15)21-12(17-9)18-11(19)13(16)1-3-20-4-2-13;/h5-6H,1-4,16H2,(H,17,18,19);1H. The summed E-state index contributed by atoms with van der Waals surface area (Å²) in [5.41, 5.74) is 5.36. The lowest BCUT2D eigenvalue weighted by Gasteiger charge is -2.31. The molecular formula is C13H14ClF2N3O2S. The molecule has 3 rings (SSSR count). The molecule has 1 aromatic carbocycles. The van der Waals surface area contributed by atoms with Crippen LogP contribution in [0.3, 0.4) is 0 Å². The first-order chi connectivity index (χ1) is 9.98. The molecule has 1 saturated heterocycles. The van der Waals surface area contributed by atoms with E-state index in [-0.39, 0.29) is 23.4 Å². The van der Waals surface area contributed by atoms with E-state index in [1.807, 2.05) is 0 Å². The Kier molecular flexibility index (Phi) is 4.96. The number of anilines is 1. The van der Waals surface area contributed by atoms with Gasteiger partial charge >= 0.3 is 0 Å². The summed E-state index contributed by atoms with van der Waals surface area (Å²) in [5.74, 6) is -2.26. The fourth-order valence-electron chi connectivity index (χ4n) is 2.16. The lowest BCUT2D eigenvalue weighted by molar-refractivity contribution is -0.124. The van der Waals surface area contributed by atoms with E-state index in [2.05, 4.69) is 10.3 Å². The van der Waals surface area contributed by atoms with E-state index in [0.717, 1.165) is 23.5 Å². The number of nitrogens with zero attached hydrogens (tertiary/aromatic N) is 1. The van der Waals surface area contributed by atoms with Crippen LogP contribution in [0.15, 0.2) is 12.1 Å². The van der Waals surface area contributed by atoms with Crippen LogP contribution in [0.25, 0.3) is 10.2 Å². The second-order valence-electron chi connectivity index (χ2n) is 4.98. The Labute approximate surface area is 135 Å². The van der Waals surface area contributed by atoms with Crippen LogP contribution in [0.5, 0.6) is 0 Å². The minimum absolute atomic E-state index is 0. The Morgan fingerprint density at radius 1 is 1.32 bits per heavy atom. The second kappa shape index (κ2) is 6.41. The van der Waals surface area contributed by atoms with Crippen LogP contribution in [0, 0.1) is 11.6 Å². The Bertz CT molecular complexity index is 665. The number of carbonyl (C=O) groups excluding carboxylic acids is 1. The monoisotopic (exact) mass is 349 g/mol. The molecule has 1 aromatic heterocycles. The Morgan fingerprint density at radius 2 is 1.95 bits per heavy atom. The van der Waals surface area contributed by atoms with Crippen LogP contribution in [0.1, 0.15) is 12.8 Å². The zero-order valence-corrected chi connectivity index (χ0v) is 13.0. The smallest absolute Gasteiger partial charge is 0.246 e. The molecule has 22 heavy (non-hydrogen) atoms. The Morgan fingerprint density at radius 3 is 2.64 bits per heavy atom. The number of hydrogen-bond acceptors (Lipinski definition) is 5. The third-order valence-corrected chi connectivity index (χ3v) is 4.42. The second-order valence-corrected chi connectivity index (χ2v) is 6.01. The van der Waals surface area contributed by atoms with E-state index < -0.39 is 17.2 Å². The van der Waals surface area contributed by atoms with Gasteiger partial charge in [0.2, 0.25) is 5.91 Å². The molecule has 0 radical (unpaired) electrons. The van der Waals surface area contributed by atoms with Gasteiger partial charge in [0, 0.05) is 19.3 Å². The highest BCUT2D eigenvalue weighted by molar-refractivity contribution is 7.22. The molecule has 3 N–H and O–H groups in total. The minimum Gasteiger partial charge on any atom is -0.381 e. The molecule has 120 valence electrons. The largest absolute Gasteiger partial charge is 0.381 e. The van der Waals surface area contributed by atoms with Gasteiger partial charge in [0.15, 0.2) is 16.8 Å². The molecule has 2 aromatic rings. The van der Waals surface area contributed by atoms with Crippen molar-refractivity contribution in [2.75, 3.05) is 18.5 Å². The molecule has 0 bridgehead atoms. The number of thiazole rings is 1. The minimum atomic E-state index is -0.993. The number of aromatic nitrogens is 1. The third-order valence-electron chi connectivity index (χ3n) is 3.49. The highest BCUT2D eigenvalue weighted by Gasteiger charge is 2.36. The number of fused-ring (bicyclic) bond motifs is 1. The molecule has 0 spiro atoms. The van der Waals surface area contributed by atoms with Crippen LogP contribution < -0.4 is 11.1 Å². The van der Waals surface area contributed by atoms with Gasteiger partial charge in [-0.25, -0.2) is 13.8 Å². The van der Waals surface area contributed by atoms with Crippen molar-refractivity contribution in [3.8, 4) is 0 Å². The maximum atomic E-state index is 13.2. The van der Waals surface area contributed by atoms with Crippen molar-refractivity contribution < 1.29 is 18.3 Å². The van der Waals surface area contributed by atoms with E-state index in [4.69, 9.17) is 10.5 Å². The van der Waals surface area contributed by atoms with Crippen molar-refractivity contribution >= 4 is 45.0 Å². The molecule has 0 unspecified atom stereocenters. The van der Waals surface area contributed by atoms with Crippen LogP contribution in [-0.4, -0.2) is 29.6 Å². The van der Waals surface area contributed by atoms with Crippen LogP contribution in [0.2, 0.25) is 0 Å². The molecule has 1 fully saturated rings. The third kappa shape index (κ3) is 3.19. The summed E-state index contributed by atoms with van der Waals surface area (Å²) in [6.45, 7) is 0.861. The Balaban J connectivity index is 0.00000176. The van der Waals surface area contributed by atoms with Crippen molar-refractivity contribution in [3.63, 3.8) is 0 Å². The molecular weight excluding hydrogens is 336 g/mol. The highest BCUT2D eigenvalue weighted by atomic mass is 35.5. The molecule has 0 aliphatic carbocycles. The van der Waals surface area contributed by atoms with E-state index in [1.165, 1.54) is 0 Å². The number of halogens is 3. The fourth-order valence-corrected chi connectivity index (χ4v) is 3.03. The molecule has 0 atom stereocenters. The quantitative estimate of drug-likeness (QED) is 0.873. The van der Waals surface area contributed by atoms with Crippen molar-refractivity contribution in [2.24, 2.45) is 5.73 Å². The Hall–Kier alpha value is -1.35. The van der Waals surface area contributed by atoms with Gasteiger partial charge in [0.25, 0.3) is 0 Å². The van der Waals surface area contributed by atoms with Gasteiger partial charge in [-0.2, -0.15) is 0 Å². The summed E-state index contributed by atoms with van der Waals surface area (Å²) in [7, 11) is 0. The number of benzene rings is 1. The summed E-state index contributed by atoms with van der Waals surface area (Å²) in [6, 6.07) is 2.06. The van der Waals surface area contributed by atoms with E-state index >= 15 is 0 Å². The van der Waals surface area contributed by atoms with Gasteiger partial charge < -0.3 is 15.8 Å². The summed E-state index contributed by atoms with van der Waals surface area (Å²) >= 11 is 1.07. The average molecular weight is 350 g/mol. The molecule has 0 saturated carbocycles. The SMILES string of the molecule is Cl.NC1(C(=O)Nc2nc3cc(F)c(F)cc3s2)CCOCC1. The molecule has 5 nitrogen and oxygen atoms in total. The lowest BCUT2D eigenvalue weighted by Crippen LogP contribution is -2.54. The summed E-state index contributed by atoms with van der Waals surface area (Å²) in [4.78, 5) is 16.3. The van der Waals surface area contributed by atoms with Gasteiger partial charge in [-0.3, -0.25) is 4.79 Å². The summed E-state index contributed by atoms with van der Waals surface area (Å²) < 4.78 is 31.9. The predicted molar refractivity (Wildman–Crippen MR) is 82.4 cm³/mol. The maximum absolute atomic E-state index is 13.2. The number of nitrogens with two attached hydrogens (primary N) is 1. The maximum Gasteiger partial charge on any atom is 0.246 e. The summed E-state index contributed by atoms with van der Waals surface area (Å²) in [6.07, 6.45) is 0.847. The van der Waals surface area contributed by atoms with Crippen molar-refractivity contribution in [3.05, 3.63) is 23.8 Å². The topological polar surface area (TPSA) is 77.2 Å². The van der Waals surface area contributed by atoms with Gasteiger partial charge in [-0.15, -0.1) is 12.4 Å². The van der Waals surface area contributed by atoms with Crippen molar-refractivity contribution in [1.82, 2.24) is 4.98 Å². The average Bonchev–Trinajstić information content (AvgIpc) is 2.81.